The van der Waals surface area contributed by atoms with Crippen LogP contribution < -0.4 is 4.59 Å². The topological polar surface area (TPSA) is 64.8 Å². The Morgan fingerprint density at radius 3 is 2.75 bits per heavy atom. The van der Waals surface area contributed by atoms with Crippen LogP contribution in [0.2, 0.25) is 0 Å². The van der Waals surface area contributed by atoms with Gasteiger partial charge >= 0.3 is 0 Å². The molecule has 0 saturated carbocycles. The van der Waals surface area contributed by atoms with Crippen molar-refractivity contribution in [3.63, 3.8) is 0 Å². The Labute approximate surface area is 114 Å². The summed E-state index contributed by atoms with van der Waals surface area (Å²) in [6, 6.07) is 6.16. The van der Waals surface area contributed by atoms with Crippen LogP contribution in [0.5, 0.6) is 0 Å². The van der Waals surface area contributed by atoms with Crippen LogP contribution in [-0.2, 0) is 0 Å². The van der Waals surface area contributed by atoms with Crippen LogP contribution in [0.25, 0.3) is 0 Å². The maximum Gasteiger partial charge on any atom is 0.207 e. The van der Waals surface area contributed by atoms with Crippen LogP contribution in [0.1, 0.15) is 12.5 Å². The molecule has 1 atom stereocenters. The molecule has 0 aliphatic carbocycles. The summed E-state index contributed by atoms with van der Waals surface area (Å²) in [5.74, 6) is -0.465. The Kier molecular flexibility index (Phi) is 2.70. The summed E-state index contributed by atoms with van der Waals surface area (Å²) in [6.45, 7) is 1.86. The minimum Gasteiger partial charge on any atom is -0.279 e. The normalized spacial score (nSPS) is 20.8. The van der Waals surface area contributed by atoms with Gasteiger partial charge in [-0.2, -0.15) is 10.4 Å². The quantitative estimate of drug-likeness (QED) is 0.851. The summed E-state index contributed by atoms with van der Waals surface area (Å²) in [4.78, 5) is 0. The molecule has 3 rings (SSSR count). The van der Waals surface area contributed by atoms with E-state index in [0.717, 1.165) is 11.4 Å². The predicted molar refractivity (Wildman–Crippen MR) is 73.4 cm³/mol. The van der Waals surface area contributed by atoms with Gasteiger partial charge in [0.15, 0.2) is 5.69 Å². The minimum absolute atomic E-state index is 0.0330. The summed E-state index contributed by atoms with van der Waals surface area (Å²) >= 11 is 0. The van der Waals surface area contributed by atoms with Crippen LogP contribution in [0.15, 0.2) is 48.0 Å². The molecule has 1 unspecified atom stereocenters. The van der Waals surface area contributed by atoms with E-state index in [-0.39, 0.29) is 10.2 Å². The van der Waals surface area contributed by atoms with Crippen molar-refractivity contribution >= 4 is 17.1 Å². The number of nitrogens with one attached hydrogen (secondary N) is 1. The highest BCUT2D eigenvalue weighted by Crippen LogP contribution is 2.38. The van der Waals surface area contributed by atoms with E-state index in [1.54, 1.807) is 18.5 Å². The fraction of sp³-hybridized carbons (Fsp3) is 0.0714. The standard InChI is InChI=1S/C14H11FN5/c1-10-2-3-20(19-10,14-8-17-18-9-14)13-5-11(7-16)4-12(15)6-13/h2-6,8-9H,1H3,(H,17,18)/q+1. The highest BCUT2D eigenvalue weighted by atomic mass is 19.1. The molecule has 0 bridgehead atoms. The molecule has 98 valence electrons. The molecule has 6 heteroatoms. The first-order chi connectivity index (χ1) is 9.64. The van der Waals surface area contributed by atoms with Gasteiger partial charge in [0, 0.05) is 18.2 Å². The Bertz CT molecular complexity index is 754. The molecule has 0 saturated heterocycles. The van der Waals surface area contributed by atoms with Gasteiger partial charge in [-0.3, -0.25) is 5.10 Å². The van der Waals surface area contributed by atoms with Gasteiger partial charge in [-0.05, 0) is 13.0 Å². The molecule has 0 amide bonds. The predicted octanol–water partition coefficient (Wildman–Crippen LogP) is 2.96. The average molecular weight is 268 g/mol. The number of halogens is 1. The van der Waals surface area contributed by atoms with Gasteiger partial charge < -0.3 is 0 Å². The van der Waals surface area contributed by atoms with Gasteiger partial charge in [-0.1, -0.05) is 5.10 Å². The molecule has 1 aromatic carbocycles. The van der Waals surface area contributed by atoms with E-state index in [1.165, 1.54) is 12.1 Å². The van der Waals surface area contributed by atoms with E-state index in [4.69, 9.17) is 5.26 Å². The summed E-state index contributed by atoms with van der Waals surface area (Å²) < 4.78 is 13.7. The molecule has 0 radical (unpaired) electrons. The second-order valence-electron chi connectivity index (χ2n) is 4.51. The van der Waals surface area contributed by atoms with E-state index < -0.39 is 5.82 Å². The number of allylic oxidation sites excluding steroid dienone is 1. The maximum atomic E-state index is 13.7. The van der Waals surface area contributed by atoms with Crippen LogP contribution in [0.4, 0.5) is 15.8 Å². The third kappa shape index (κ3) is 1.81. The number of rotatable bonds is 2. The molecule has 20 heavy (non-hydrogen) atoms. The monoisotopic (exact) mass is 268 g/mol. The lowest BCUT2D eigenvalue weighted by atomic mass is 10.2. The highest BCUT2D eigenvalue weighted by molar-refractivity contribution is 5.96. The zero-order valence-corrected chi connectivity index (χ0v) is 10.7. The number of aromatic nitrogens is 2. The third-order valence-electron chi connectivity index (χ3n) is 3.13. The van der Waals surface area contributed by atoms with Crippen LogP contribution >= 0.6 is 0 Å². The zero-order chi connectivity index (χ0) is 14.2. The third-order valence-corrected chi connectivity index (χ3v) is 3.13. The minimum atomic E-state index is -0.465. The molecule has 5 nitrogen and oxygen atoms in total. The smallest absolute Gasteiger partial charge is 0.207 e. The van der Waals surface area contributed by atoms with E-state index in [9.17, 15) is 4.39 Å². The van der Waals surface area contributed by atoms with E-state index in [1.807, 2.05) is 25.3 Å². The summed E-state index contributed by atoms with van der Waals surface area (Å²) in [7, 11) is 0. The number of hydrogen-bond donors (Lipinski definition) is 1. The molecule has 0 fully saturated rings. The van der Waals surface area contributed by atoms with Crippen molar-refractivity contribution in [2.75, 3.05) is 0 Å². The molecule has 2 heterocycles. The van der Waals surface area contributed by atoms with E-state index >= 15 is 0 Å². The van der Waals surface area contributed by atoms with Crippen molar-refractivity contribution in [1.29, 1.82) is 5.26 Å². The fourth-order valence-electron chi connectivity index (χ4n) is 2.23. The van der Waals surface area contributed by atoms with Crippen LogP contribution in [0, 0.1) is 17.1 Å². The van der Waals surface area contributed by atoms with Crippen molar-refractivity contribution in [2.24, 2.45) is 5.10 Å². The first-order valence-corrected chi connectivity index (χ1v) is 5.99. The van der Waals surface area contributed by atoms with Crippen molar-refractivity contribution in [3.05, 3.63) is 54.2 Å². The molecule has 1 aliphatic heterocycles. The number of nitrogens with zero attached hydrogens (tertiary/aromatic N) is 4. The zero-order valence-electron chi connectivity index (χ0n) is 10.7. The lowest BCUT2D eigenvalue weighted by molar-refractivity contribution is 0.542. The molecule has 0 spiro atoms. The van der Waals surface area contributed by atoms with Gasteiger partial charge in [-0.15, -0.1) is 4.59 Å². The number of benzene rings is 1. The van der Waals surface area contributed by atoms with Crippen molar-refractivity contribution < 1.29 is 4.39 Å². The maximum absolute atomic E-state index is 13.7. The number of H-pyrrole nitrogens is 1. The molecule has 1 aliphatic rings. The number of hydrogen-bond acceptors (Lipinski definition) is 3. The highest BCUT2D eigenvalue weighted by Gasteiger charge is 2.37. The average Bonchev–Trinajstić information content (AvgIpc) is 3.07. The van der Waals surface area contributed by atoms with Gasteiger partial charge in [0.05, 0.1) is 23.5 Å². The van der Waals surface area contributed by atoms with Crippen molar-refractivity contribution in [2.45, 2.75) is 6.92 Å². The lowest BCUT2D eigenvalue weighted by Gasteiger charge is -2.23. The van der Waals surface area contributed by atoms with Gasteiger partial charge in [0.2, 0.25) is 5.69 Å². The van der Waals surface area contributed by atoms with Crippen molar-refractivity contribution in [3.8, 4) is 6.07 Å². The Morgan fingerprint density at radius 1 is 1.30 bits per heavy atom. The molecule has 1 aromatic heterocycles. The van der Waals surface area contributed by atoms with E-state index in [0.29, 0.717) is 5.69 Å². The van der Waals surface area contributed by atoms with Crippen molar-refractivity contribution in [1.82, 2.24) is 14.8 Å². The molecule has 1 N–H and O–H groups in total. The van der Waals surface area contributed by atoms with Gasteiger partial charge in [0.1, 0.15) is 18.2 Å². The number of aromatic amines is 1. The largest absolute Gasteiger partial charge is 0.279 e. The molecule has 2 aromatic rings. The molecular weight excluding hydrogens is 257 g/mol. The Hall–Kier alpha value is -2.78. The SMILES string of the molecule is CC1=N[N+](c2cn[nH]c2)(c2cc(F)cc(C#N)c2)C=C1. The van der Waals surface area contributed by atoms with Crippen LogP contribution in [-0.4, -0.2) is 15.9 Å². The summed E-state index contributed by atoms with van der Waals surface area (Å²) in [5.41, 5.74) is 2.37. The second kappa shape index (κ2) is 4.40. The first-order valence-electron chi connectivity index (χ1n) is 5.99. The molecular formula is C14H11FN5+. The fourth-order valence-corrected chi connectivity index (χ4v) is 2.23. The second-order valence-corrected chi connectivity index (χ2v) is 4.51. The number of quaternary nitrogens is 1. The van der Waals surface area contributed by atoms with E-state index in [2.05, 4.69) is 15.3 Å². The Morgan fingerprint density at radius 2 is 2.15 bits per heavy atom. The lowest BCUT2D eigenvalue weighted by Crippen LogP contribution is -2.30. The first kappa shape index (κ1) is 12.3. The number of nitriles is 1. The van der Waals surface area contributed by atoms with Gasteiger partial charge in [0.25, 0.3) is 0 Å². The summed E-state index contributed by atoms with van der Waals surface area (Å²) in [5, 5.41) is 20.2. The van der Waals surface area contributed by atoms with Gasteiger partial charge in [-0.25, -0.2) is 4.39 Å². The van der Waals surface area contributed by atoms with Crippen LogP contribution in [0.3, 0.4) is 0 Å². The summed E-state index contributed by atoms with van der Waals surface area (Å²) in [6.07, 6.45) is 7.01. The Balaban J connectivity index is 2.26.